The third-order valence-electron chi connectivity index (χ3n) is 2.09. The lowest BCUT2D eigenvalue weighted by atomic mass is 10.4. The van der Waals surface area contributed by atoms with Crippen LogP contribution in [0.25, 0.3) is 0 Å². The number of aromatic nitrogens is 1. The van der Waals surface area contributed by atoms with Crippen molar-refractivity contribution in [3.05, 3.63) is 28.7 Å². The Balaban J connectivity index is 2.66. The summed E-state index contributed by atoms with van der Waals surface area (Å²) in [6, 6.07) is 2.82. The molecule has 7 heteroatoms. The highest BCUT2D eigenvalue weighted by Gasteiger charge is 2.04. The molecule has 1 aromatic heterocycles. The van der Waals surface area contributed by atoms with Crippen molar-refractivity contribution >= 4 is 11.8 Å². The highest BCUT2D eigenvalue weighted by atomic mass is 16.6. The number of hydrogen-bond donors (Lipinski definition) is 2. The van der Waals surface area contributed by atoms with Gasteiger partial charge in [-0.1, -0.05) is 0 Å². The van der Waals surface area contributed by atoms with Crippen LogP contribution in [0.1, 0.15) is 0 Å². The largest absolute Gasteiger partial charge is 0.447 e. The number of nitrogens with zero attached hydrogens (tertiary/aromatic N) is 1. The maximum Gasteiger partial charge on any atom is 0.411 e. The second-order valence-corrected chi connectivity index (χ2v) is 3.43. The van der Waals surface area contributed by atoms with Crippen molar-refractivity contribution in [2.45, 2.75) is 6.54 Å². The number of anilines is 1. The normalized spacial score (nSPS) is 10.1. The molecule has 7 nitrogen and oxygen atoms in total. The van der Waals surface area contributed by atoms with Gasteiger partial charge in [-0.25, -0.2) is 4.79 Å². The Labute approximate surface area is 104 Å². The van der Waals surface area contributed by atoms with Crippen LogP contribution < -0.4 is 10.9 Å². The number of pyridine rings is 1. The molecule has 0 aliphatic rings. The molecule has 0 aliphatic heterocycles. The maximum atomic E-state index is 11.5. The summed E-state index contributed by atoms with van der Waals surface area (Å²) >= 11 is 0. The van der Waals surface area contributed by atoms with Crippen molar-refractivity contribution in [2.24, 2.45) is 0 Å². The van der Waals surface area contributed by atoms with Gasteiger partial charge >= 0.3 is 6.09 Å². The lowest BCUT2D eigenvalue weighted by Crippen LogP contribution is -2.22. The molecule has 1 rings (SSSR count). The average molecular weight is 256 g/mol. The molecule has 1 heterocycles. The molecule has 0 aliphatic carbocycles. The van der Waals surface area contributed by atoms with Gasteiger partial charge in [-0.2, -0.15) is 0 Å². The Bertz CT molecular complexity index is 443. The Hall–Kier alpha value is -1.86. The zero-order valence-electron chi connectivity index (χ0n) is 10.1. The van der Waals surface area contributed by atoms with Crippen molar-refractivity contribution in [2.75, 3.05) is 32.2 Å². The van der Waals surface area contributed by atoms with Crippen LogP contribution in [0.5, 0.6) is 0 Å². The van der Waals surface area contributed by atoms with Gasteiger partial charge in [0.05, 0.1) is 18.9 Å². The first-order valence-electron chi connectivity index (χ1n) is 5.41. The van der Waals surface area contributed by atoms with Gasteiger partial charge in [-0.15, -0.1) is 0 Å². The predicted molar refractivity (Wildman–Crippen MR) is 64.6 cm³/mol. The van der Waals surface area contributed by atoms with E-state index >= 15 is 0 Å². The SMILES string of the molecule is COCCn1cc(NC(=O)OCCO)ccc1=O. The van der Waals surface area contributed by atoms with E-state index in [-0.39, 0.29) is 18.8 Å². The second-order valence-electron chi connectivity index (χ2n) is 3.43. The fraction of sp³-hybridized carbons (Fsp3) is 0.455. The topological polar surface area (TPSA) is 89.8 Å². The smallest absolute Gasteiger partial charge is 0.411 e. The van der Waals surface area contributed by atoms with Crippen molar-refractivity contribution in [3.8, 4) is 0 Å². The highest BCUT2D eigenvalue weighted by Crippen LogP contribution is 2.03. The van der Waals surface area contributed by atoms with Gasteiger partial charge in [-0.3, -0.25) is 10.1 Å². The van der Waals surface area contributed by atoms with Crippen LogP contribution in [0.4, 0.5) is 10.5 Å². The van der Waals surface area contributed by atoms with Gasteiger partial charge in [0.2, 0.25) is 0 Å². The summed E-state index contributed by atoms with van der Waals surface area (Å²) in [6.45, 7) is 0.491. The lowest BCUT2D eigenvalue weighted by Gasteiger charge is -2.09. The first-order valence-corrected chi connectivity index (χ1v) is 5.41. The molecule has 0 aromatic carbocycles. The number of hydrogen-bond acceptors (Lipinski definition) is 5. The summed E-state index contributed by atoms with van der Waals surface area (Å²) in [5.74, 6) is 0. The van der Waals surface area contributed by atoms with E-state index in [0.29, 0.717) is 18.8 Å². The highest BCUT2D eigenvalue weighted by molar-refractivity contribution is 5.84. The number of rotatable bonds is 6. The van der Waals surface area contributed by atoms with Crippen LogP contribution >= 0.6 is 0 Å². The van der Waals surface area contributed by atoms with Crippen LogP contribution in [0.3, 0.4) is 0 Å². The molecule has 0 spiro atoms. The number of carbonyl (C=O) groups excluding carboxylic acids is 1. The zero-order valence-corrected chi connectivity index (χ0v) is 10.1. The van der Waals surface area contributed by atoms with Gasteiger partial charge < -0.3 is 19.1 Å². The van der Waals surface area contributed by atoms with Gasteiger partial charge in [-0.05, 0) is 6.07 Å². The van der Waals surface area contributed by atoms with Gasteiger partial charge in [0.15, 0.2) is 0 Å². The van der Waals surface area contributed by atoms with E-state index in [1.807, 2.05) is 0 Å². The number of aliphatic hydroxyl groups is 1. The second kappa shape index (κ2) is 7.46. The van der Waals surface area contributed by atoms with Crippen molar-refractivity contribution in [1.29, 1.82) is 0 Å². The maximum absolute atomic E-state index is 11.5. The van der Waals surface area contributed by atoms with Crippen molar-refractivity contribution in [3.63, 3.8) is 0 Å². The zero-order chi connectivity index (χ0) is 13.4. The first kappa shape index (κ1) is 14.2. The molecular formula is C11H16N2O5. The molecule has 0 fully saturated rings. The van der Waals surface area contributed by atoms with E-state index in [4.69, 9.17) is 9.84 Å². The molecule has 1 amide bonds. The molecule has 18 heavy (non-hydrogen) atoms. The third-order valence-corrected chi connectivity index (χ3v) is 2.09. The Morgan fingerprint density at radius 3 is 2.89 bits per heavy atom. The van der Waals surface area contributed by atoms with E-state index in [1.54, 1.807) is 7.11 Å². The molecule has 0 saturated heterocycles. The lowest BCUT2D eigenvalue weighted by molar-refractivity contribution is 0.131. The minimum Gasteiger partial charge on any atom is -0.447 e. The molecule has 0 atom stereocenters. The molecular weight excluding hydrogens is 240 g/mol. The Morgan fingerprint density at radius 1 is 1.44 bits per heavy atom. The fourth-order valence-corrected chi connectivity index (χ4v) is 1.26. The first-order chi connectivity index (χ1) is 8.67. The minimum absolute atomic E-state index is 0.0743. The van der Waals surface area contributed by atoms with Gasteiger partial charge in [0, 0.05) is 25.9 Å². The standard InChI is InChI=1S/C11H16N2O5/c1-17-6-4-13-8-9(2-3-10(13)15)12-11(16)18-7-5-14/h2-3,8,14H,4-7H2,1H3,(H,12,16). The summed E-state index contributed by atoms with van der Waals surface area (Å²) in [7, 11) is 1.54. The molecule has 0 radical (unpaired) electrons. The van der Waals surface area contributed by atoms with Gasteiger partial charge in [0.1, 0.15) is 6.61 Å². The number of aliphatic hydroxyl groups excluding tert-OH is 1. The number of amides is 1. The van der Waals surface area contributed by atoms with Crippen LogP contribution in [0.15, 0.2) is 23.1 Å². The summed E-state index contributed by atoms with van der Waals surface area (Å²) in [5, 5.41) is 10.9. The molecule has 2 N–H and O–H groups in total. The van der Waals surface area contributed by atoms with Gasteiger partial charge in [0.25, 0.3) is 5.56 Å². The Morgan fingerprint density at radius 2 is 2.22 bits per heavy atom. The van der Waals surface area contributed by atoms with Crippen LogP contribution in [0, 0.1) is 0 Å². The van der Waals surface area contributed by atoms with E-state index in [1.165, 1.54) is 22.9 Å². The molecule has 0 saturated carbocycles. The van der Waals surface area contributed by atoms with E-state index in [9.17, 15) is 9.59 Å². The van der Waals surface area contributed by atoms with Crippen LogP contribution in [-0.4, -0.2) is 42.7 Å². The molecule has 1 aromatic rings. The van der Waals surface area contributed by atoms with Crippen molar-refractivity contribution in [1.82, 2.24) is 4.57 Å². The molecule has 0 bridgehead atoms. The molecule has 100 valence electrons. The quantitative estimate of drug-likeness (QED) is 0.749. The summed E-state index contributed by atoms with van der Waals surface area (Å²) in [4.78, 5) is 22.7. The number of methoxy groups -OCH3 is 1. The minimum atomic E-state index is -0.680. The summed E-state index contributed by atoms with van der Waals surface area (Å²) in [5.41, 5.74) is 0.259. The monoisotopic (exact) mass is 256 g/mol. The van der Waals surface area contributed by atoms with Crippen molar-refractivity contribution < 1.29 is 19.4 Å². The fourth-order valence-electron chi connectivity index (χ4n) is 1.26. The van der Waals surface area contributed by atoms with E-state index < -0.39 is 6.09 Å². The number of carbonyl (C=O) groups is 1. The average Bonchev–Trinajstić information content (AvgIpc) is 2.37. The summed E-state index contributed by atoms with van der Waals surface area (Å²) < 4.78 is 10.9. The molecule has 0 unspecified atom stereocenters. The van der Waals surface area contributed by atoms with Crippen LogP contribution in [0.2, 0.25) is 0 Å². The summed E-state index contributed by atoms with van der Waals surface area (Å²) in [6.07, 6.45) is 0.822. The number of ether oxygens (including phenoxy) is 2. The van der Waals surface area contributed by atoms with Crippen LogP contribution in [-0.2, 0) is 16.0 Å². The Kier molecular flexibility index (Phi) is 5.89. The van der Waals surface area contributed by atoms with E-state index in [2.05, 4.69) is 10.1 Å². The third kappa shape index (κ3) is 4.56. The number of nitrogens with one attached hydrogen (secondary N) is 1. The van der Waals surface area contributed by atoms with E-state index in [0.717, 1.165) is 0 Å². The predicted octanol–water partition coefficient (Wildman–Crippen LogP) is 0.0355.